The Labute approximate surface area is 112 Å². The molecule has 106 valence electrons. The van der Waals surface area contributed by atoms with Crippen LogP contribution in [0.15, 0.2) is 18.2 Å². The second kappa shape index (κ2) is 5.53. The quantitative estimate of drug-likeness (QED) is 0.914. The summed E-state index contributed by atoms with van der Waals surface area (Å²) < 4.78 is 32.4. The van der Waals surface area contributed by atoms with Crippen molar-refractivity contribution < 1.29 is 13.5 Å². The normalized spacial score (nSPS) is 21.3. The number of hydrogen-bond donors (Lipinski definition) is 1. The van der Waals surface area contributed by atoms with Crippen LogP contribution in [-0.2, 0) is 4.74 Å². The van der Waals surface area contributed by atoms with Gasteiger partial charge in [-0.25, -0.2) is 8.78 Å². The molecule has 0 spiro atoms. The molecule has 1 aliphatic heterocycles. The summed E-state index contributed by atoms with van der Waals surface area (Å²) in [6.07, 6.45) is 0. The van der Waals surface area contributed by atoms with E-state index in [-0.39, 0.29) is 11.2 Å². The fraction of sp³-hybridized carbons (Fsp3) is 0.571. The van der Waals surface area contributed by atoms with Gasteiger partial charge in [-0.3, -0.25) is 4.90 Å². The molecule has 1 aromatic rings. The number of morpholine rings is 1. The molecule has 1 heterocycles. The predicted molar refractivity (Wildman–Crippen MR) is 69.8 cm³/mol. The minimum atomic E-state index is -0.852. The monoisotopic (exact) mass is 270 g/mol. The third-order valence-corrected chi connectivity index (χ3v) is 3.34. The number of benzene rings is 1. The molecule has 1 saturated heterocycles. The van der Waals surface area contributed by atoms with Crippen molar-refractivity contribution >= 4 is 0 Å². The van der Waals surface area contributed by atoms with Gasteiger partial charge in [0, 0.05) is 31.2 Å². The van der Waals surface area contributed by atoms with Gasteiger partial charge in [-0.2, -0.15) is 0 Å². The summed E-state index contributed by atoms with van der Waals surface area (Å²) in [5.41, 5.74) is 6.00. The van der Waals surface area contributed by atoms with Crippen LogP contribution in [-0.4, -0.2) is 36.7 Å². The van der Waals surface area contributed by atoms with Crippen LogP contribution in [0.4, 0.5) is 8.78 Å². The van der Waals surface area contributed by atoms with Crippen LogP contribution in [0.5, 0.6) is 0 Å². The number of nitrogens with two attached hydrogens (primary N) is 1. The summed E-state index contributed by atoms with van der Waals surface area (Å²) in [5.74, 6) is -1.70. The van der Waals surface area contributed by atoms with Crippen molar-refractivity contribution in [2.24, 2.45) is 5.73 Å². The zero-order valence-electron chi connectivity index (χ0n) is 11.3. The van der Waals surface area contributed by atoms with E-state index < -0.39 is 17.7 Å². The van der Waals surface area contributed by atoms with E-state index in [0.29, 0.717) is 13.2 Å². The van der Waals surface area contributed by atoms with Gasteiger partial charge >= 0.3 is 0 Å². The van der Waals surface area contributed by atoms with Crippen molar-refractivity contribution in [1.82, 2.24) is 4.90 Å². The maximum absolute atomic E-state index is 13.7. The molecule has 1 aliphatic rings. The molecule has 19 heavy (non-hydrogen) atoms. The number of hydrogen-bond acceptors (Lipinski definition) is 3. The molecule has 1 fully saturated rings. The topological polar surface area (TPSA) is 38.5 Å². The zero-order chi connectivity index (χ0) is 14.0. The second-order valence-corrected chi connectivity index (χ2v) is 5.59. The van der Waals surface area contributed by atoms with Gasteiger partial charge in [0.25, 0.3) is 0 Å². The van der Waals surface area contributed by atoms with Crippen LogP contribution in [0, 0.1) is 11.6 Å². The van der Waals surface area contributed by atoms with E-state index >= 15 is 0 Å². The smallest absolute Gasteiger partial charge is 0.163 e. The molecular formula is C14H20F2N2O. The summed E-state index contributed by atoms with van der Waals surface area (Å²) in [7, 11) is 0. The zero-order valence-corrected chi connectivity index (χ0v) is 11.3. The Morgan fingerprint density at radius 3 is 2.84 bits per heavy atom. The fourth-order valence-corrected chi connectivity index (χ4v) is 2.45. The average Bonchev–Trinajstić information content (AvgIpc) is 2.31. The van der Waals surface area contributed by atoms with Gasteiger partial charge in [0.15, 0.2) is 11.6 Å². The Morgan fingerprint density at radius 1 is 1.42 bits per heavy atom. The molecule has 3 nitrogen and oxygen atoms in total. The van der Waals surface area contributed by atoms with Crippen LogP contribution in [0.1, 0.15) is 25.5 Å². The van der Waals surface area contributed by atoms with Crippen molar-refractivity contribution in [2.75, 3.05) is 26.2 Å². The molecule has 0 amide bonds. The summed E-state index contributed by atoms with van der Waals surface area (Å²) in [5, 5.41) is 0. The van der Waals surface area contributed by atoms with E-state index in [4.69, 9.17) is 10.5 Å². The Hall–Kier alpha value is -1.04. The standard InChI is InChI=1S/C14H20F2N2O/c1-14(2)9-18(6-7-19-14)8-12(17)10-4-3-5-11(15)13(10)16/h3-5,12H,6-9,17H2,1-2H3. The molecule has 0 radical (unpaired) electrons. The average molecular weight is 270 g/mol. The third kappa shape index (κ3) is 3.49. The molecular weight excluding hydrogens is 250 g/mol. The van der Waals surface area contributed by atoms with Gasteiger partial charge in [-0.15, -0.1) is 0 Å². The minimum absolute atomic E-state index is 0.224. The van der Waals surface area contributed by atoms with E-state index in [0.717, 1.165) is 19.2 Å². The number of ether oxygens (including phenoxy) is 1. The molecule has 1 aromatic carbocycles. The first kappa shape index (κ1) is 14.4. The molecule has 1 unspecified atom stereocenters. The molecule has 5 heteroatoms. The molecule has 0 aromatic heterocycles. The molecule has 2 rings (SSSR count). The SMILES string of the molecule is CC1(C)CN(CC(N)c2cccc(F)c2F)CCO1. The first-order valence-corrected chi connectivity index (χ1v) is 6.45. The summed E-state index contributed by atoms with van der Waals surface area (Å²) in [6, 6.07) is 3.58. The van der Waals surface area contributed by atoms with Crippen LogP contribution < -0.4 is 5.73 Å². The van der Waals surface area contributed by atoms with Crippen molar-refractivity contribution in [3.05, 3.63) is 35.4 Å². The van der Waals surface area contributed by atoms with Gasteiger partial charge in [-0.1, -0.05) is 12.1 Å². The molecule has 0 bridgehead atoms. The lowest BCUT2D eigenvalue weighted by molar-refractivity contribution is -0.0870. The summed E-state index contributed by atoms with van der Waals surface area (Å²) >= 11 is 0. The number of rotatable bonds is 3. The van der Waals surface area contributed by atoms with Crippen LogP contribution in [0.25, 0.3) is 0 Å². The third-order valence-electron chi connectivity index (χ3n) is 3.34. The van der Waals surface area contributed by atoms with Gasteiger partial charge < -0.3 is 10.5 Å². The largest absolute Gasteiger partial charge is 0.373 e. The van der Waals surface area contributed by atoms with Crippen molar-refractivity contribution in [3.63, 3.8) is 0 Å². The molecule has 0 aliphatic carbocycles. The van der Waals surface area contributed by atoms with Crippen LogP contribution in [0.3, 0.4) is 0 Å². The van der Waals surface area contributed by atoms with Crippen LogP contribution in [0.2, 0.25) is 0 Å². The van der Waals surface area contributed by atoms with Crippen molar-refractivity contribution in [2.45, 2.75) is 25.5 Å². The second-order valence-electron chi connectivity index (χ2n) is 5.59. The Bertz CT molecular complexity index is 451. The maximum Gasteiger partial charge on any atom is 0.163 e. The summed E-state index contributed by atoms with van der Waals surface area (Å²) in [4.78, 5) is 2.12. The van der Waals surface area contributed by atoms with E-state index in [1.54, 1.807) is 0 Å². The highest BCUT2D eigenvalue weighted by molar-refractivity contribution is 5.22. The van der Waals surface area contributed by atoms with Gasteiger partial charge in [-0.05, 0) is 19.9 Å². The van der Waals surface area contributed by atoms with E-state index in [2.05, 4.69) is 4.90 Å². The first-order valence-electron chi connectivity index (χ1n) is 6.45. The summed E-state index contributed by atoms with van der Waals surface area (Å²) in [6.45, 7) is 6.63. The highest BCUT2D eigenvalue weighted by atomic mass is 19.2. The van der Waals surface area contributed by atoms with Crippen molar-refractivity contribution in [1.29, 1.82) is 0 Å². The highest BCUT2D eigenvalue weighted by Gasteiger charge is 2.28. The number of halogens is 2. The van der Waals surface area contributed by atoms with Crippen LogP contribution >= 0.6 is 0 Å². The lowest BCUT2D eigenvalue weighted by atomic mass is 10.0. The fourth-order valence-electron chi connectivity index (χ4n) is 2.45. The lowest BCUT2D eigenvalue weighted by Gasteiger charge is -2.39. The van der Waals surface area contributed by atoms with E-state index in [1.165, 1.54) is 12.1 Å². The van der Waals surface area contributed by atoms with E-state index in [9.17, 15) is 8.78 Å². The Balaban J connectivity index is 2.04. The maximum atomic E-state index is 13.7. The Morgan fingerprint density at radius 2 is 2.16 bits per heavy atom. The lowest BCUT2D eigenvalue weighted by Crippen LogP contribution is -2.50. The van der Waals surface area contributed by atoms with Gasteiger partial charge in [0.1, 0.15) is 0 Å². The highest BCUT2D eigenvalue weighted by Crippen LogP contribution is 2.21. The molecule has 0 saturated carbocycles. The molecule has 1 atom stereocenters. The minimum Gasteiger partial charge on any atom is -0.373 e. The predicted octanol–water partition coefficient (Wildman–Crippen LogP) is 2.08. The van der Waals surface area contributed by atoms with Gasteiger partial charge in [0.2, 0.25) is 0 Å². The number of nitrogens with zero attached hydrogens (tertiary/aromatic N) is 1. The van der Waals surface area contributed by atoms with Gasteiger partial charge in [0.05, 0.1) is 12.2 Å². The van der Waals surface area contributed by atoms with E-state index in [1.807, 2.05) is 13.8 Å². The molecule has 2 N–H and O–H groups in total. The van der Waals surface area contributed by atoms with Crippen molar-refractivity contribution in [3.8, 4) is 0 Å². The Kier molecular flexibility index (Phi) is 4.18. The first-order chi connectivity index (χ1) is 8.89.